The van der Waals surface area contributed by atoms with Gasteiger partial charge in [0.15, 0.2) is 5.96 Å². The van der Waals surface area contributed by atoms with E-state index >= 15 is 0 Å². The Balaban J connectivity index is 2.01. The molecule has 17 heavy (non-hydrogen) atoms. The molecule has 0 radical (unpaired) electrons. The molecule has 1 heterocycles. The van der Waals surface area contributed by atoms with Crippen LogP contribution in [0.2, 0.25) is 0 Å². The molecule has 2 N–H and O–H groups in total. The Morgan fingerprint density at radius 2 is 2.06 bits per heavy atom. The molecule has 1 aliphatic rings. The van der Waals surface area contributed by atoms with Crippen molar-refractivity contribution in [3.63, 3.8) is 0 Å². The lowest BCUT2D eigenvalue weighted by Gasteiger charge is -2.18. The number of aliphatic imine (C=N–C) groups is 1. The summed E-state index contributed by atoms with van der Waals surface area (Å²) in [4.78, 5) is 6.60. The molecule has 0 saturated carbocycles. The Morgan fingerprint density at radius 1 is 1.35 bits per heavy atom. The number of rotatable bonds is 2. The third-order valence-electron chi connectivity index (χ3n) is 3.17. The maximum absolute atomic E-state index is 6.00. The summed E-state index contributed by atoms with van der Waals surface area (Å²) in [5, 5.41) is 0. The van der Waals surface area contributed by atoms with Crippen LogP contribution >= 0.6 is 0 Å². The second-order valence-corrected chi connectivity index (χ2v) is 4.92. The lowest BCUT2D eigenvalue weighted by Crippen LogP contribution is -2.36. The highest BCUT2D eigenvalue weighted by Gasteiger charge is 2.24. The van der Waals surface area contributed by atoms with Crippen LogP contribution in [0.3, 0.4) is 0 Å². The molecule has 1 aromatic rings. The molecule has 0 aliphatic carbocycles. The first-order chi connectivity index (χ1) is 8.16. The van der Waals surface area contributed by atoms with E-state index in [0.717, 1.165) is 13.1 Å². The first-order valence-corrected chi connectivity index (χ1v) is 6.30. The molecule has 1 saturated heterocycles. The topological polar surface area (TPSA) is 41.6 Å². The number of likely N-dealkylation sites (tertiary alicyclic amines) is 1. The van der Waals surface area contributed by atoms with Gasteiger partial charge in [-0.1, -0.05) is 30.3 Å². The van der Waals surface area contributed by atoms with Crippen molar-refractivity contribution in [1.82, 2.24) is 4.90 Å². The SMILES string of the molecule is CC(C)N=C(N)N1CCC(c2ccccc2)C1. The highest BCUT2D eigenvalue weighted by Crippen LogP contribution is 2.26. The van der Waals surface area contributed by atoms with Crippen LogP contribution in [0.4, 0.5) is 0 Å². The maximum Gasteiger partial charge on any atom is 0.191 e. The summed E-state index contributed by atoms with van der Waals surface area (Å²) in [6.07, 6.45) is 1.17. The summed E-state index contributed by atoms with van der Waals surface area (Å²) in [5.74, 6) is 1.29. The van der Waals surface area contributed by atoms with Gasteiger partial charge in [0.25, 0.3) is 0 Å². The Hall–Kier alpha value is -1.51. The van der Waals surface area contributed by atoms with Crippen molar-refractivity contribution < 1.29 is 0 Å². The van der Waals surface area contributed by atoms with Gasteiger partial charge in [0.1, 0.15) is 0 Å². The van der Waals surface area contributed by atoms with Crippen LogP contribution in [0.15, 0.2) is 35.3 Å². The van der Waals surface area contributed by atoms with Crippen LogP contribution in [0.5, 0.6) is 0 Å². The molecule has 1 fully saturated rings. The molecule has 1 atom stereocenters. The lowest BCUT2D eigenvalue weighted by atomic mass is 9.99. The maximum atomic E-state index is 6.00. The van der Waals surface area contributed by atoms with Gasteiger partial charge in [-0.2, -0.15) is 0 Å². The van der Waals surface area contributed by atoms with E-state index in [2.05, 4.69) is 54.1 Å². The summed E-state index contributed by atoms with van der Waals surface area (Å²) in [7, 11) is 0. The summed E-state index contributed by atoms with van der Waals surface area (Å²) in [6, 6.07) is 10.9. The number of benzene rings is 1. The molecular formula is C14H21N3. The van der Waals surface area contributed by atoms with Gasteiger partial charge in [0.05, 0.1) is 0 Å². The molecule has 2 rings (SSSR count). The number of nitrogens with two attached hydrogens (primary N) is 1. The highest BCUT2D eigenvalue weighted by atomic mass is 15.3. The van der Waals surface area contributed by atoms with Crippen LogP contribution in [0.25, 0.3) is 0 Å². The van der Waals surface area contributed by atoms with E-state index in [4.69, 9.17) is 5.73 Å². The minimum absolute atomic E-state index is 0.269. The van der Waals surface area contributed by atoms with Gasteiger partial charge in [-0.05, 0) is 25.8 Å². The van der Waals surface area contributed by atoms with Crippen LogP contribution in [-0.2, 0) is 0 Å². The van der Waals surface area contributed by atoms with E-state index in [0.29, 0.717) is 11.9 Å². The average Bonchev–Trinajstić information content (AvgIpc) is 2.78. The summed E-state index contributed by atoms with van der Waals surface area (Å²) >= 11 is 0. The van der Waals surface area contributed by atoms with Gasteiger partial charge in [0, 0.05) is 25.0 Å². The summed E-state index contributed by atoms with van der Waals surface area (Å²) in [5.41, 5.74) is 7.41. The van der Waals surface area contributed by atoms with Crippen molar-refractivity contribution in [3.8, 4) is 0 Å². The molecule has 1 aliphatic heterocycles. The van der Waals surface area contributed by atoms with Gasteiger partial charge in [0.2, 0.25) is 0 Å². The molecule has 0 spiro atoms. The molecule has 1 aromatic carbocycles. The Bertz CT molecular complexity index is 384. The monoisotopic (exact) mass is 231 g/mol. The Kier molecular flexibility index (Phi) is 3.67. The number of guanidine groups is 1. The second kappa shape index (κ2) is 5.21. The van der Waals surface area contributed by atoms with Crippen molar-refractivity contribution in [2.24, 2.45) is 10.7 Å². The fraction of sp³-hybridized carbons (Fsp3) is 0.500. The van der Waals surface area contributed by atoms with E-state index in [1.54, 1.807) is 0 Å². The predicted molar refractivity (Wildman–Crippen MR) is 72.1 cm³/mol. The fourth-order valence-corrected chi connectivity index (χ4v) is 2.31. The van der Waals surface area contributed by atoms with Crippen molar-refractivity contribution in [3.05, 3.63) is 35.9 Å². The normalized spacial score (nSPS) is 21.2. The highest BCUT2D eigenvalue weighted by molar-refractivity contribution is 5.78. The zero-order valence-corrected chi connectivity index (χ0v) is 10.6. The molecule has 0 aromatic heterocycles. The number of hydrogen-bond donors (Lipinski definition) is 1. The van der Waals surface area contributed by atoms with Gasteiger partial charge in [-0.15, -0.1) is 0 Å². The van der Waals surface area contributed by atoms with Crippen LogP contribution in [-0.4, -0.2) is 30.0 Å². The van der Waals surface area contributed by atoms with E-state index in [9.17, 15) is 0 Å². The lowest BCUT2D eigenvalue weighted by molar-refractivity contribution is 0.499. The minimum atomic E-state index is 0.269. The van der Waals surface area contributed by atoms with Gasteiger partial charge >= 0.3 is 0 Å². The third-order valence-corrected chi connectivity index (χ3v) is 3.17. The second-order valence-electron chi connectivity index (χ2n) is 4.92. The van der Waals surface area contributed by atoms with Crippen molar-refractivity contribution in [1.29, 1.82) is 0 Å². The first-order valence-electron chi connectivity index (χ1n) is 6.30. The molecule has 3 nitrogen and oxygen atoms in total. The zero-order chi connectivity index (χ0) is 12.3. The smallest absolute Gasteiger partial charge is 0.191 e. The molecular weight excluding hydrogens is 210 g/mol. The van der Waals surface area contributed by atoms with Gasteiger partial charge in [-0.3, -0.25) is 4.99 Å². The Morgan fingerprint density at radius 3 is 2.71 bits per heavy atom. The summed E-state index contributed by atoms with van der Waals surface area (Å²) < 4.78 is 0. The van der Waals surface area contributed by atoms with Gasteiger partial charge in [-0.25, -0.2) is 0 Å². The van der Waals surface area contributed by atoms with E-state index in [-0.39, 0.29) is 6.04 Å². The van der Waals surface area contributed by atoms with Crippen molar-refractivity contribution in [2.75, 3.05) is 13.1 Å². The van der Waals surface area contributed by atoms with Gasteiger partial charge < -0.3 is 10.6 Å². The quantitative estimate of drug-likeness (QED) is 0.626. The molecule has 0 bridgehead atoms. The molecule has 3 heteroatoms. The van der Waals surface area contributed by atoms with Crippen LogP contribution in [0.1, 0.15) is 31.7 Å². The third kappa shape index (κ3) is 2.99. The van der Waals surface area contributed by atoms with E-state index < -0.39 is 0 Å². The molecule has 0 amide bonds. The largest absolute Gasteiger partial charge is 0.370 e. The Labute approximate surface area is 103 Å². The van der Waals surface area contributed by atoms with Crippen LogP contribution < -0.4 is 5.73 Å². The molecule has 1 unspecified atom stereocenters. The number of hydrogen-bond acceptors (Lipinski definition) is 1. The summed E-state index contributed by atoms with van der Waals surface area (Å²) in [6.45, 7) is 6.11. The molecule has 92 valence electrons. The minimum Gasteiger partial charge on any atom is -0.370 e. The average molecular weight is 231 g/mol. The predicted octanol–water partition coefficient (Wildman–Crippen LogP) is 2.20. The van der Waals surface area contributed by atoms with Crippen LogP contribution in [0, 0.1) is 0 Å². The van der Waals surface area contributed by atoms with E-state index in [1.165, 1.54) is 12.0 Å². The number of nitrogens with zero attached hydrogens (tertiary/aromatic N) is 2. The first kappa shape index (κ1) is 12.0. The fourth-order valence-electron chi connectivity index (χ4n) is 2.31. The zero-order valence-electron chi connectivity index (χ0n) is 10.6. The standard InChI is InChI=1S/C14H21N3/c1-11(2)16-14(15)17-9-8-13(10-17)12-6-4-3-5-7-12/h3-7,11,13H,8-10H2,1-2H3,(H2,15,16). The van der Waals surface area contributed by atoms with Crippen molar-refractivity contribution in [2.45, 2.75) is 32.2 Å². The van der Waals surface area contributed by atoms with Crippen molar-refractivity contribution >= 4 is 5.96 Å². The van der Waals surface area contributed by atoms with E-state index in [1.807, 2.05) is 0 Å².